The summed E-state index contributed by atoms with van der Waals surface area (Å²) in [4.78, 5) is 25.5. The number of hydrogen-bond acceptors (Lipinski definition) is 3. The topological polar surface area (TPSA) is 75.1 Å². The highest BCUT2D eigenvalue weighted by Crippen LogP contribution is 2.16. The molecule has 2 rings (SSSR count). The Morgan fingerprint density at radius 1 is 1.19 bits per heavy atom. The SMILES string of the molecule is CCCCCCCCC(=O)Nc1ccc2oc(=O)[nH]c2c1. The number of H-pyrrole nitrogens is 1. The molecule has 0 spiro atoms. The van der Waals surface area contributed by atoms with Gasteiger partial charge >= 0.3 is 5.76 Å². The summed E-state index contributed by atoms with van der Waals surface area (Å²) >= 11 is 0. The van der Waals surface area contributed by atoms with Gasteiger partial charge in [0, 0.05) is 12.1 Å². The van der Waals surface area contributed by atoms with Gasteiger partial charge in [0.1, 0.15) is 0 Å². The average molecular weight is 290 g/mol. The summed E-state index contributed by atoms with van der Waals surface area (Å²) < 4.78 is 4.92. The monoisotopic (exact) mass is 290 g/mol. The third-order valence-electron chi connectivity index (χ3n) is 3.46. The molecule has 5 heteroatoms. The van der Waals surface area contributed by atoms with Gasteiger partial charge in [-0.15, -0.1) is 0 Å². The minimum Gasteiger partial charge on any atom is -0.408 e. The molecular formula is C16H22N2O3. The van der Waals surface area contributed by atoms with Crippen LogP contribution in [0.5, 0.6) is 0 Å². The summed E-state index contributed by atoms with van der Waals surface area (Å²) in [7, 11) is 0. The van der Waals surface area contributed by atoms with Crippen molar-refractivity contribution in [3.05, 3.63) is 28.7 Å². The zero-order valence-electron chi connectivity index (χ0n) is 12.4. The molecule has 0 bridgehead atoms. The molecule has 2 aromatic rings. The number of benzene rings is 1. The first kappa shape index (κ1) is 15.4. The average Bonchev–Trinajstić information content (AvgIpc) is 2.82. The van der Waals surface area contributed by atoms with Crippen LogP contribution in [-0.4, -0.2) is 10.9 Å². The van der Waals surface area contributed by atoms with E-state index in [0.717, 1.165) is 12.8 Å². The zero-order chi connectivity index (χ0) is 15.1. The molecule has 0 aliphatic carbocycles. The highest BCUT2D eigenvalue weighted by Gasteiger charge is 2.05. The van der Waals surface area contributed by atoms with E-state index in [0.29, 0.717) is 23.2 Å². The minimum absolute atomic E-state index is 0.00989. The quantitative estimate of drug-likeness (QED) is 0.726. The fraction of sp³-hybridized carbons (Fsp3) is 0.500. The standard InChI is InChI=1S/C16H22N2O3/c1-2-3-4-5-6-7-8-15(19)17-12-9-10-14-13(11-12)18-16(20)21-14/h9-11H,2-8H2,1H3,(H,17,19)(H,18,20). The lowest BCUT2D eigenvalue weighted by Crippen LogP contribution is -2.10. The number of fused-ring (bicyclic) bond motifs is 1. The second kappa shape index (κ2) is 7.67. The number of nitrogens with one attached hydrogen (secondary N) is 2. The molecule has 114 valence electrons. The third kappa shape index (κ3) is 4.77. The van der Waals surface area contributed by atoms with E-state index in [1.165, 1.54) is 25.7 Å². The number of anilines is 1. The minimum atomic E-state index is -0.486. The maximum Gasteiger partial charge on any atom is 0.417 e. The number of carbonyl (C=O) groups is 1. The van der Waals surface area contributed by atoms with Crippen molar-refractivity contribution in [3.8, 4) is 0 Å². The van der Waals surface area contributed by atoms with E-state index in [-0.39, 0.29) is 5.91 Å². The van der Waals surface area contributed by atoms with Gasteiger partial charge in [-0.05, 0) is 24.6 Å². The normalized spacial score (nSPS) is 10.9. The van der Waals surface area contributed by atoms with Gasteiger partial charge in [-0.2, -0.15) is 0 Å². The predicted octanol–water partition coefficient (Wildman–Crippen LogP) is 3.81. The number of rotatable bonds is 8. The summed E-state index contributed by atoms with van der Waals surface area (Å²) in [5.41, 5.74) is 1.77. The highest BCUT2D eigenvalue weighted by molar-refractivity contribution is 5.92. The third-order valence-corrected chi connectivity index (χ3v) is 3.46. The van der Waals surface area contributed by atoms with E-state index in [1.54, 1.807) is 18.2 Å². The molecule has 0 unspecified atom stereocenters. The first-order chi connectivity index (χ1) is 10.2. The van der Waals surface area contributed by atoms with Crippen LogP contribution in [-0.2, 0) is 4.79 Å². The molecule has 0 aliphatic heterocycles. The van der Waals surface area contributed by atoms with E-state index in [2.05, 4.69) is 17.2 Å². The molecule has 21 heavy (non-hydrogen) atoms. The molecule has 1 aromatic carbocycles. The van der Waals surface area contributed by atoms with Gasteiger partial charge in [-0.25, -0.2) is 4.79 Å². The summed E-state index contributed by atoms with van der Waals surface area (Å²) in [6.07, 6.45) is 7.51. The van der Waals surface area contributed by atoms with Crippen LogP contribution in [0.25, 0.3) is 11.1 Å². The second-order valence-corrected chi connectivity index (χ2v) is 5.29. The Morgan fingerprint density at radius 2 is 1.95 bits per heavy atom. The molecule has 1 heterocycles. The van der Waals surface area contributed by atoms with Crippen LogP contribution in [0.2, 0.25) is 0 Å². The molecule has 5 nitrogen and oxygen atoms in total. The Balaban J connectivity index is 1.77. The maximum absolute atomic E-state index is 11.8. The maximum atomic E-state index is 11.8. The van der Waals surface area contributed by atoms with Gasteiger partial charge in [0.15, 0.2) is 5.58 Å². The number of hydrogen-bond donors (Lipinski definition) is 2. The van der Waals surface area contributed by atoms with Crippen molar-refractivity contribution in [3.63, 3.8) is 0 Å². The molecule has 1 aromatic heterocycles. The van der Waals surface area contributed by atoms with E-state index in [4.69, 9.17) is 4.42 Å². The van der Waals surface area contributed by atoms with Crippen molar-refractivity contribution in [1.29, 1.82) is 0 Å². The van der Waals surface area contributed by atoms with Gasteiger partial charge in [0.05, 0.1) is 5.52 Å². The number of unbranched alkanes of at least 4 members (excludes halogenated alkanes) is 5. The molecule has 1 amide bonds. The molecule has 0 saturated carbocycles. The van der Waals surface area contributed by atoms with Gasteiger partial charge in [0.25, 0.3) is 0 Å². The molecule has 2 N–H and O–H groups in total. The van der Waals surface area contributed by atoms with Crippen LogP contribution >= 0.6 is 0 Å². The van der Waals surface area contributed by atoms with E-state index in [9.17, 15) is 9.59 Å². The Bertz CT molecular complexity index is 642. The zero-order valence-corrected chi connectivity index (χ0v) is 12.4. The lowest BCUT2D eigenvalue weighted by molar-refractivity contribution is -0.116. The van der Waals surface area contributed by atoms with Crippen molar-refractivity contribution in [2.45, 2.75) is 51.9 Å². The number of oxazole rings is 1. The molecular weight excluding hydrogens is 268 g/mol. The predicted molar refractivity (Wildman–Crippen MR) is 83.5 cm³/mol. The van der Waals surface area contributed by atoms with Gasteiger partial charge < -0.3 is 9.73 Å². The smallest absolute Gasteiger partial charge is 0.408 e. The van der Waals surface area contributed by atoms with Crippen molar-refractivity contribution in [2.75, 3.05) is 5.32 Å². The highest BCUT2D eigenvalue weighted by atomic mass is 16.4. The van der Waals surface area contributed by atoms with E-state index >= 15 is 0 Å². The summed E-state index contributed by atoms with van der Waals surface area (Å²) in [6.45, 7) is 2.19. The summed E-state index contributed by atoms with van der Waals surface area (Å²) in [5.74, 6) is -0.476. The number of amides is 1. The largest absolute Gasteiger partial charge is 0.417 e. The van der Waals surface area contributed by atoms with Crippen molar-refractivity contribution >= 4 is 22.7 Å². The van der Waals surface area contributed by atoms with Crippen LogP contribution in [0.1, 0.15) is 51.9 Å². The fourth-order valence-electron chi connectivity index (χ4n) is 2.32. The Morgan fingerprint density at radius 3 is 2.76 bits per heavy atom. The first-order valence-corrected chi connectivity index (χ1v) is 7.62. The first-order valence-electron chi connectivity index (χ1n) is 7.62. The molecule has 0 aliphatic rings. The van der Waals surface area contributed by atoms with Crippen LogP contribution in [0.4, 0.5) is 5.69 Å². The lowest BCUT2D eigenvalue weighted by Gasteiger charge is -2.05. The van der Waals surface area contributed by atoms with Gasteiger partial charge in [-0.3, -0.25) is 9.78 Å². The van der Waals surface area contributed by atoms with Crippen molar-refractivity contribution < 1.29 is 9.21 Å². The van der Waals surface area contributed by atoms with Crippen LogP contribution in [0.15, 0.2) is 27.4 Å². The lowest BCUT2D eigenvalue weighted by atomic mass is 10.1. The van der Waals surface area contributed by atoms with Crippen LogP contribution in [0.3, 0.4) is 0 Å². The van der Waals surface area contributed by atoms with Gasteiger partial charge in [0.2, 0.25) is 5.91 Å². The number of aromatic nitrogens is 1. The van der Waals surface area contributed by atoms with E-state index in [1.807, 2.05) is 0 Å². The molecule has 0 radical (unpaired) electrons. The summed E-state index contributed by atoms with van der Waals surface area (Å²) in [5, 5.41) is 2.84. The van der Waals surface area contributed by atoms with E-state index < -0.39 is 5.76 Å². The Kier molecular flexibility index (Phi) is 5.60. The fourth-order valence-corrected chi connectivity index (χ4v) is 2.32. The Labute approximate surface area is 123 Å². The summed E-state index contributed by atoms with van der Waals surface area (Å²) in [6, 6.07) is 5.12. The molecule has 0 atom stereocenters. The van der Waals surface area contributed by atoms with Gasteiger partial charge in [-0.1, -0.05) is 39.0 Å². The van der Waals surface area contributed by atoms with Crippen LogP contribution < -0.4 is 11.1 Å². The number of carbonyl (C=O) groups excluding carboxylic acids is 1. The van der Waals surface area contributed by atoms with Crippen molar-refractivity contribution in [1.82, 2.24) is 4.98 Å². The molecule has 0 saturated heterocycles. The molecule has 0 fully saturated rings. The van der Waals surface area contributed by atoms with Crippen LogP contribution in [0, 0.1) is 0 Å². The van der Waals surface area contributed by atoms with Crippen molar-refractivity contribution in [2.24, 2.45) is 0 Å². The number of aromatic amines is 1. The Hall–Kier alpha value is -2.04. The second-order valence-electron chi connectivity index (χ2n) is 5.29.